The summed E-state index contributed by atoms with van der Waals surface area (Å²) in [6, 6.07) is 4.43. The molecule has 2 rings (SSSR count). The number of halogens is 1. The van der Waals surface area contributed by atoms with Crippen LogP contribution in [-0.4, -0.2) is 25.8 Å². The van der Waals surface area contributed by atoms with E-state index in [1.165, 1.54) is 23.0 Å². The van der Waals surface area contributed by atoms with Crippen molar-refractivity contribution in [2.24, 2.45) is 0 Å². The van der Waals surface area contributed by atoms with Crippen LogP contribution in [0, 0.1) is 10.1 Å². The number of hydrogen-bond donors (Lipinski definition) is 1. The van der Waals surface area contributed by atoms with E-state index < -0.39 is 10.9 Å². The van der Waals surface area contributed by atoms with Crippen LogP contribution in [0.2, 0.25) is 0 Å². The molecule has 0 unspecified atom stereocenters. The largest absolute Gasteiger partial charge is 0.478 e. The van der Waals surface area contributed by atoms with Gasteiger partial charge in [-0.05, 0) is 18.2 Å². The number of nitro groups is 1. The maximum Gasteiger partial charge on any atom is 0.335 e. The van der Waals surface area contributed by atoms with E-state index in [9.17, 15) is 14.9 Å². The van der Waals surface area contributed by atoms with Crippen molar-refractivity contribution in [3.63, 3.8) is 0 Å². The number of benzene rings is 1. The van der Waals surface area contributed by atoms with E-state index in [1.807, 2.05) is 0 Å². The summed E-state index contributed by atoms with van der Waals surface area (Å²) in [5.41, 5.74) is 0.333. The first-order valence-corrected chi connectivity index (χ1v) is 5.50. The molecule has 0 amide bonds. The fraction of sp³-hybridized carbons (Fsp3) is 0. The molecule has 0 aliphatic carbocycles. The first-order chi connectivity index (χ1) is 8.47. The summed E-state index contributed by atoms with van der Waals surface area (Å²) in [6.45, 7) is 0. The molecule has 1 heterocycles. The Bertz CT molecular complexity index is 638. The first kappa shape index (κ1) is 12.2. The van der Waals surface area contributed by atoms with Crippen molar-refractivity contribution in [2.75, 3.05) is 0 Å². The van der Waals surface area contributed by atoms with Crippen LogP contribution >= 0.6 is 15.9 Å². The lowest BCUT2D eigenvalue weighted by molar-refractivity contribution is -0.384. The Hall–Kier alpha value is -2.22. The number of carboxylic acid groups (broad SMARTS) is 1. The third-order valence-corrected chi connectivity index (χ3v) is 2.63. The van der Waals surface area contributed by atoms with Crippen LogP contribution in [0.4, 0.5) is 5.69 Å². The van der Waals surface area contributed by atoms with E-state index in [1.54, 1.807) is 6.07 Å². The van der Waals surface area contributed by atoms with E-state index in [4.69, 9.17) is 5.11 Å². The van der Waals surface area contributed by atoms with Crippen molar-refractivity contribution in [3.8, 4) is 5.69 Å². The Morgan fingerprint density at radius 1 is 1.44 bits per heavy atom. The Morgan fingerprint density at radius 2 is 2.17 bits per heavy atom. The van der Waals surface area contributed by atoms with E-state index in [-0.39, 0.29) is 11.3 Å². The Kier molecular flexibility index (Phi) is 3.11. The number of aromatic nitrogens is 2. The molecule has 7 nitrogen and oxygen atoms in total. The van der Waals surface area contributed by atoms with E-state index >= 15 is 0 Å². The van der Waals surface area contributed by atoms with E-state index in [0.29, 0.717) is 10.2 Å². The minimum atomic E-state index is -1.08. The number of aromatic carboxylic acids is 1. The van der Waals surface area contributed by atoms with Crippen molar-refractivity contribution in [1.82, 2.24) is 9.78 Å². The molecule has 0 aliphatic heterocycles. The summed E-state index contributed by atoms with van der Waals surface area (Å²) in [4.78, 5) is 20.9. The van der Waals surface area contributed by atoms with Crippen molar-refractivity contribution in [1.29, 1.82) is 0 Å². The Morgan fingerprint density at radius 3 is 2.72 bits per heavy atom. The maximum atomic E-state index is 10.9. The van der Waals surface area contributed by atoms with Crippen LogP contribution in [0.3, 0.4) is 0 Å². The zero-order valence-corrected chi connectivity index (χ0v) is 10.4. The van der Waals surface area contributed by atoms with Crippen LogP contribution < -0.4 is 0 Å². The van der Waals surface area contributed by atoms with Crippen LogP contribution in [0.1, 0.15) is 10.4 Å². The molecule has 0 spiro atoms. The second-order valence-electron chi connectivity index (χ2n) is 3.40. The van der Waals surface area contributed by atoms with Gasteiger partial charge in [0.2, 0.25) is 0 Å². The number of carboxylic acids is 1. The van der Waals surface area contributed by atoms with E-state index in [2.05, 4.69) is 21.0 Å². The summed E-state index contributed by atoms with van der Waals surface area (Å²) in [5, 5.41) is 23.3. The third-order valence-electron chi connectivity index (χ3n) is 2.17. The molecule has 2 aromatic rings. The molecule has 0 atom stereocenters. The van der Waals surface area contributed by atoms with Crippen molar-refractivity contribution >= 4 is 27.6 Å². The molecule has 8 heteroatoms. The molecule has 0 saturated carbocycles. The lowest BCUT2D eigenvalue weighted by Crippen LogP contribution is -2.00. The lowest BCUT2D eigenvalue weighted by atomic mass is 10.2. The molecule has 0 aliphatic rings. The second-order valence-corrected chi connectivity index (χ2v) is 4.32. The molecule has 0 radical (unpaired) electrons. The van der Waals surface area contributed by atoms with Gasteiger partial charge in [-0.25, -0.2) is 9.48 Å². The molecule has 1 aromatic heterocycles. The van der Waals surface area contributed by atoms with Gasteiger partial charge in [0.05, 0.1) is 16.2 Å². The summed E-state index contributed by atoms with van der Waals surface area (Å²) in [5.74, 6) is -1.08. The van der Waals surface area contributed by atoms with Gasteiger partial charge in [-0.15, -0.1) is 0 Å². The summed E-state index contributed by atoms with van der Waals surface area (Å²) in [7, 11) is 0. The van der Waals surface area contributed by atoms with Gasteiger partial charge in [-0.1, -0.05) is 15.9 Å². The van der Waals surface area contributed by atoms with Gasteiger partial charge >= 0.3 is 11.7 Å². The minimum Gasteiger partial charge on any atom is -0.478 e. The number of hydrogen-bond acceptors (Lipinski definition) is 4. The molecular formula is C10H6BrN3O4. The normalized spacial score (nSPS) is 10.3. The summed E-state index contributed by atoms with van der Waals surface area (Å²) >= 11 is 3.18. The zero-order valence-electron chi connectivity index (χ0n) is 8.78. The van der Waals surface area contributed by atoms with Gasteiger partial charge in [-0.3, -0.25) is 10.1 Å². The highest BCUT2D eigenvalue weighted by atomic mass is 79.9. The highest BCUT2D eigenvalue weighted by Crippen LogP contribution is 2.20. The Balaban J connectivity index is 2.49. The fourth-order valence-electron chi connectivity index (χ4n) is 1.38. The van der Waals surface area contributed by atoms with Gasteiger partial charge in [0.1, 0.15) is 12.4 Å². The fourth-order valence-corrected chi connectivity index (χ4v) is 1.86. The molecule has 0 bridgehead atoms. The zero-order chi connectivity index (χ0) is 13.3. The van der Waals surface area contributed by atoms with Crippen LogP contribution in [-0.2, 0) is 0 Å². The predicted octanol–water partition coefficient (Wildman–Crippen LogP) is 2.24. The highest BCUT2D eigenvalue weighted by Gasteiger charge is 2.12. The van der Waals surface area contributed by atoms with Crippen LogP contribution in [0.15, 0.2) is 35.1 Å². The summed E-state index contributed by atoms with van der Waals surface area (Å²) < 4.78 is 1.80. The first-order valence-electron chi connectivity index (χ1n) is 4.70. The topological polar surface area (TPSA) is 98.3 Å². The quantitative estimate of drug-likeness (QED) is 0.692. The van der Waals surface area contributed by atoms with Gasteiger partial charge in [0.15, 0.2) is 0 Å². The summed E-state index contributed by atoms with van der Waals surface area (Å²) in [6.07, 6.45) is 2.31. The highest BCUT2D eigenvalue weighted by molar-refractivity contribution is 9.10. The lowest BCUT2D eigenvalue weighted by Gasteiger charge is -2.03. The molecular weight excluding hydrogens is 306 g/mol. The average Bonchev–Trinajstić information content (AvgIpc) is 2.77. The SMILES string of the molecule is O=C(O)c1cc(Br)cc(-n2cc([N+](=O)[O-])cn2)c1. The number of carbonyl (C=O) groups is 1. The number of nitrogens with zero attached hydrogens (tertiary/aromatic N) is 3. The average molecular weight is 312 g/mol. The van der Waals surface area contributed by atoms with Crippen LogP contribution in [0.25, 0.3) is 5.69 Å². The second kappa shape index (κ2) is 4.57. The van der Waals surface area contributed by atoms with Gasteiger partial charge in [0, 0.05) is 4.47 Å². The minimum absolute atomic E-state index is 0.0672. The van der Waals surface area contributed by atoms with Gasteiger partial charge in [0.25, 0.3) is 0 Å². The number of rotatable bonds is 3. The van der Waals surface area contributed by atoms with Gasteiger partial charge in [-0.2, -0.15) is 5.10 Å². The monoisotopic (exact) mass is 311 g/mol. The smallest absolute Gasteiger partial charge is 0.335 e. The maximum absolute atomic E-state index is 10.9. The van der Waals surface area contributed by atoms with Gasteiger partial charge < -0.3 is 5.11 Å². The molecule has 1 aromatic carbocycles. The molecule has 0 fully saturated rings. The molecule has 1 N–H and O–H groups in total. The molecule has 18 heavy (non-hydrogen) atoms. The third kappa shape index (κ3) is 2.38. The predicted molar refractivity (Wildman–Crippen MR) is 64.9 cm³/mol. The van der Waals surface area contributed by atoms with Crippen molar-refractivity contribution in [3.05, 3.63) is 50.7 Å². The Labute approximate surface area is 109 Å². The van der Waals surface area contributed by atoms with Crippen LogP contribution in [0.5, 0.6) is 0 Å². The molecule has 92 valence electrons. The standard InChI is InChI=1S/C10H6BrN3O4/c11-7-1-6(10(15)16)2-8(3-7)13-5-9(4-12-13)14(17)18/h1-5H,(H,15,16). The van der Waals surface area contributed by atoms with E-state index in [0.717, 1.165) is 6.20 Å². The van der Waals surface area contributed by atoms with Crippen molar-refractivity contribution in [2.45, 2.75) is 0 Å². The molecule has 0 saturated heterocycles. The van der Waals surface area contributed by atoms with Crippen molar-refractivity contribution < 1.29 is 14.8 Å².